The highest BCUT2D eigenvalue weighted by Crippen LogP contribution is 2.25. The van der Waals surface area contributed by atoms with E-state index in [1.807, 2.05) is 42.7 Å². The van der Waals surface area contributed by atoms with Gasteiger partial charge in [-0.2, -0.15) is 0 Å². The zero-order valence-electron chi connectivity index (χ0n) is 18.2. The maximum Gasteiger partial charge on any atom is 0.335 e. The molecule has 0 radical (unpaired) electrons. The third-order valence-corrected chi connectivity index (χ3v) is 5.78. The summed E-state index contributed by atoms with van der Waals surface area (Å²) in [5, 5.41) is 20.9. The minimum Gasteiger partial charge on any atom is -0.483 e. The van der Waals surface area contributed by atoms with E-state index >= 15 is 0 Å². The Morgan fingerprint density at radius 3 is 2.38 bits per heavy atom. The number of hydrogen-bond acceptors (Lipinski definition) is 6. The van der Waals surface area contributed by atoms with Crippen LogP contribution >= 0.6 is 11.8 Å². The van der Waals surface area contributed by atoms with Crippen LogP contribution in [0.2, 0.25) is 0 Å². The van der Waals surface area contributed by atoms with Gasteiger partial charge in [-0.15, -0.1) is 10.2 Å². The van der Waals surface area contributed by atoms with E-state index in [0.29, 0.717) is 23.2 Å². The average molecular weight is 455 g/mol. The second-order valence-corrected chi connectivity index (χ2v) is 8.00. The van der Waals surface area contributed by atoms with Gasteiger partial charge in [0.15, 0.2) is 17.1 Å². The van der Waals surface area contributed by atoms with Gasteiger partial charge >= 0.3 is 5.97 Å². The number of benzene rings is 2. The van der Waals surface area contributed by atoms with Gasteiger partial charge in [0.1, 0.15) is 5.75 Å². The number of nitrogens with zero attached hydrogens (tertiary/aromatic N) is 3. The Morgan fingerprint density at radius 2 is 1.78 bits per heavy atom. The Kier molecular flexibility index (Phi) is 7.88. The Morgan fingerprint density at radius 1 is 1.09 bits per heavy atom. The number of nitrogens with one attached hydrogen (secondary N) is 1. The summed E-state index contributed by atoms with van der Waals surface area (Å²) in [6.07, 6.45) is 0.674. The molecule has 0 aliphatic rings. The van der Waals surface area contributed by atoms with Crippen LogP contribution in [0.25, 0.3) is 0 Å². The van der Waals surface area contributed by atoms with Crippen LogP contribution in [0.15, 0.2) is 53.7 Å². The van der Waals surface area contributed by atoms with Crippen molar-refractivity contribution < 1.29 is 19.4 Å². The van der Waals surface area contributed by atoms with Crippen molar-refractivity contribution in [3.8, 4) is 5.75 Å². The standard InChI is InChI=1S/C23H26N4O4S/c1-4-16-6-12-19(13-7-16)31-15(3)21-25-26-23(27(21)5-2)32-14-20(28)24-18-10-8-17(9-11-18)22(29)30/h6-13,15H,4-5,14H2,1-3H3,(H,24,28)(H,29,30)/t15-/m1/s1. The van der Waals surface area contributed by atoms with Crippen molar-refractivity contribution in [2.45, 2.75) is 45.0 Å². The van der Waals surface area contributed by atoms with Gasteiger partial charge in [-0.3, -0.25) is 4.79 Å². The number of amides is 1. The quantitative estimate of drug-likeness (QED) is 0.437. The monoisotopic (exact) mass is 454 g/mol. The number of carbonyl (C=O) groups is 2. The zero-order chi connectivity index (χ0) is 23.1. The predicted molar refractivity (Wildman–Crippen MR) is 123 cm³/mol. The third kappa shape index (κ3) is 5.88. The van der Waals surface area contributed by atoms with Crippen molar-refractivity contribution in [1.82, 2.24) is 14.8 Å². The van der Waals surface area contributed by atoms with Gasteiger partial charge < -0.3 is 19.7 Å². The van der Waals surface area contributed by atoms with Crippen LogP contribution < -0.4 is 10.1 Å². The molecule has 0 saturated carbocycles. The Labute approximate surface area is 191 Å². The molecule has 1 atom stereocenters. The lowest BCUT2D eigenvalue weighted by Crippen LogP contribution is -2.15. The van der Waals surface area contributed by atoms with E-state index in [1.165, 1.54) is 29.5 Å². The molecule has 3 aromatic rings. The van der Waals surface area contributed by atoms with Crippen LogP contribution in [-0.2, 0) is 17.8 Å². The second kappa shape index (κ2) is 10.8. The molecule has 0 fully saturated rings. The molecule has 0 bridgehead atoms. The molecule has 0 aliphatic carbocycles. The fourth-order valence-electron chi connectivity index (χ4n) is 3.09. The molecule has 3 rings (SSSR count). The van der Waals surface area contributed by atoms with Crippen molar-refractivity contribution in [2.24, 2.45) is 0 Å². The van der Waals surface area contributed by atoms with Crippen molar-refractivity contribution in [1.29, 1.82) is 0 Å². The van der Waals surface area contributed by atoms with E-state index in [4.69, 9.17) is 9.84 Å². The number of ether oxygens (including phenoxy) is 1. The lowest BCUT2D eigenvalue weighted by molar-refractivity contribution is -0.113. The summed E-state index contributed by atoms with van der Waals surface area (Å²) >= 11 is 1.28. The Balaban J connectivity index is 1.59. The fraction of sp³-hybridized carbons (Fsp3) is 0.304. The highest BCUT2D eigenvalue weighted by molar-refractivity contribution is 7.99. The van der Waals surface area contributed by atoms with Gasteiger partial charge in [0, 0.05) is 12.2 Å². The first-order valence-corrected chi connectivity index (χ1v) is 11.3. The van der Waals surface area contributed by atoms with Crippen LogP contribution in [0.1, 0.15) is 48.6 Å². The average Bonchev–Trinajstić information content (AvgIpc) is 3.21. The minimum atomic E-state index is -1.01. The van der Waals surface area contributed by atoms with Gasteiger partial charge in [-0.1, -0.05) is 30.8 Å². The molecule has 0 aliphatic heterocycles. The molecule has 0 saturated heterocycles. The van der Waals surface area contributed by atoms with E-state index in [-0.39, 0.29) is 23.3 Å². The summed E-state index contributed by atoms with van der Waals surface area (Å²) in [6.45, 7) is 6.66. The summed E-state index contributed by atoms with van der Waals surface area (Å²) in [5.41, 5.74) is 1.95. The third-order valence-electron chi connectivity index (χ3n) is 4.82. The molecule has 1 aromatic heterocycles. The number of anilines is 1. The topological polar surface area (TPSA) is 106 Å². The van der Waals surface area contributed by atoms with E-state index in [9.17, 15) is 9.59 Å². The van der Waals surface area contributed by atoms with Crippen LogP contribution in [0, 0.1) is 0 Å². The first-order valence-electron chi connectivity index (χ1n) is 10.4. The number of carboxylic acids is 1. The highest BCUT2D eigenvalue weighted by atomic mass is 32.2. The largest absolute Gasteiger partial charge is 0.483 e. The number of rotatable bonds is 10. The number of thioether (sulfide) groups is 1. The van der Waals surface area contributed by atoms with Crippen LogP contribution in [0.4, 0.5) is 5.69 Å². The van der Waals surface area contributed by atoms with Gasteiger partial charge in [0.05, 0.1) is 11.3 Å². The van der Waals surface area contributed by atoms with Crippen molar-refractivity contribution in [2.75, 3.05) is 11.1 Å². The molecule has 1 amide bonds. The SMILES string of the molecule is CCc1ccc(O[C@H](C)c2nnc(SCC(=O)Nc3ccc(C(=O)O)cc3)n2CC)cc1. The number of carbonyl (C=O) groups excluding carboxylic acids is 1. The summed E-state index contributed by atoms with van der Waals surface area (Å²) in [4.78, 5) is 23.2. The lowest BCUT2D eigenvalue weighted by Gasteiger charge is -2.16. The Hall–Kier alpha value is -3.33. The predicted octanol–water partition coefficient (Wildman–Crippen LogP) is 4.43. The van der Waals surface area contributed by atoms with Crippen molar-refractivity contribution in [3.63, 3.8) is 0 Å². The number of carboxylic acid groups (broad SMARTS) is 1. The lowest BCUT2D eigenvalue weighted by atomic mass is 10.2. The summed E-state index contributed by atoms with van der Waals surface area (Å²) in [7, 11) is 0. The zero-order valence-corrected chi connectivity index (χ0v) is 19.1. The van der Waals surface area contributed by atoms with Crippen molar-refractivity contribution in [3.05, 3.63) is 65.5 Å². The van der Waals surface area contributed by atoms with E-state index in [2.05, 4.69) is 22.4 Å². The van der Waals surface area contributed by atoms with Crippen LogP contribution in [0.3, 0.4) is 0 Å². The molecule has 1 heterocycles. The first-order chi connectivity index (χ1) is 15.4. The van der Waals surface area contributed by atoms with E-state index in [1.54, 1.807) is 12.1 Å². The molecule has 2 aromatic carbocycles. The molecule has 2 N–H and O–H groups in total. The number of aryl methyl sites for hydroxylation is 1. The normalized spacial score (nSPS) is 11.7. The molecule has 32 heavy (non-hydrogen) atoms. The second-order valence-electron chi connectivity index (χ2n) is 7.06. The maximum absolute atomic E-state index is 12.3. The van der Waals surface area contributed by atoms with Crippen LogP contribution in [-0.4, -0.2) is 37.5 Å². The molecule has 8 nitrogen and oxygen atoms in total. The molecular weight excluding hydrogens is 428 g/mol. The summed E-state index contributed by atoms with van der Waals surface area (Å²) in [5.74, 6) is 0.379. The number of aromatic nitrogens is 3. The molecule has 0 unspecified atom stereocenters. The van der Waals surface area contributed by atoms with Crippen molar-refractivity contribution >= 4 is 29.3 Å². The summed E-state index contributed by atoms with van der Waals surface area (Å²) in [6, 6.07) is 14.0. The van der Waals surface area contributed by atoms with Crippen LogP contribution in [0.5, 0.6) is 5.75 Å². The smallest absolute Gasteiger partial charge is 0.335 e. The molecular formula is C23H26N4O4S. The van der Waals surface area contributed by atoms with Gasteiger partial charge in [-0.05, 0) is 62.2 Å². The fourth-order valence-corrected chi connectivity index (χ4v) is 3.90. The molecule has 9 heteroatoms. The van der Waals surface area contributed by atoms with E-state index in [0.717, 1.165) is 12.2 Å². The Bertz CT molecular complexity index is 1060. The first kappa shape index (κ1) is 23.3. The molecule has 168 valence electrons. The van der Waals surface area contributed by atoms with Gasteiger partial charge in [-0.25, -0.2) is 4.79 Å². The molecule has 0 spiro atoms. The minimum absolute atomic E-state index is 0.145. The highest BCUT2D eigenvalue weighted by Gasteiger charge is 2.19. The van der Waals surface area contributed by atoms with E-state index < -0.39 is 5.97 Å². The van der Waals surface area contributed by atoms with Gasteiger partial charge in [0.2, 0.25) is 5.91 Å². The maximum atomic E-state index is 12.3. The number of aromatic carboxylic acids is 1. The van der Waals surface area contributed by atoms with Gasteiger partial charge in [0.25, 0.3) is 0 Å². The number of hydrogen-bond donors (Lipinski definition) is 2. The summed E-state index contributed by atoms with van der Waals surface area (Å²) < 4.78 is 7.97.